The van der Waals surface area contributed by atoms with Gasteiger partial charge >= 0.3 is 0 Å². The van der Waals surface area contributed by atoms with Crippen LogP contribution in [0.2, 0.25) is 0 Å². The SMILES string of the molecule is CCCCCNC(=O)[C@@H](Cc1ccccc1)NS(=O)(=O)c1ccc(OCC)cc1. The van der Waals surface area contributed by atoms with Crippen LogP contribution in [0.15, 0.2) is 59.5 Å². The Morgan fingerprint density at radius 1 is 1.00 bits per heavy atom. The van der Waals surface area contributed by atoms with Crippen molar-refractivity contribution in [1.82, 2.24) is 10.0 Å². The number of ether oxygens (including phenoxy) is 1. The molecule has 0 saturated carbocycles. The second-order valence-electron chi connectivity index (χ2n) is 6.77. The van der Waals surface area contributed by atoms with Crippen LogP contribution in [0.25, 0.3) is 0 Å². The van der Waals surface area contributed by atoms with Crippen LogP contribution in [0.4, 0.5) is 0 Å². The fourth-order valence-corrected chi connectivity index (χ4v) is 4.08. The summed E-state index contributed by atoms with van der Waals surface area (Å²) in [6, 6.07) is 14.6. The minimum Gasteiger partial charge on any atom is -0.494 e. The summed E-state index contributed by atoms with van der Waals surface area (Å²) in [7, 11) is -3.86. The number of benzene rings is 2. The molecule has 0 aliphatic rings. The number of carbonyl (C=O) groups is 1. The minimum absolute atomic E-state index is 0.0952. The highest BCUT2D eigenvalue weighted by Gasteiger charge is 2.26. The molecule has 29 heavy (non-hydrogen) atoms. The zero-order valence-corrected chi connectivity index (χ0v) is 17.9. The maximum absolute atomic E-state index is 12.9. The fraction of sp³-hybridized carbons (Fsp3) is 0.409. The average Bonchev–Trinajstić information content (AvgIpc) is 2.72. The molecule has 2 rings (SSSR count). The van der Waals surface area contributed by atoms with Gasteiger partial charge in [0.2, 0.25) is 15.9 Å². The Labute approximate surface area is 173 Å². The second-order valence-corrected chi connectivity index (χ2v) is 8.48. The van der Waals surface area contributed by atoms with Crippen molar-refractivity contribution in [2.75, 3.05) is 13.2 Å². The molecule has 0 aromatic heterocycles. The van der Waals surface area contributed by atoms with E-state index in [9.17, 15) is 13.2 Å². The van der Waals surface area contributed by atoms with E-state index in [0.717, 1.165) is 24.8 Å². The van der Waals surface area contributed by atoms with Crippen LogP contribution in [-0.4, -0.2) is 33.5 Å². The van der Waals surface area contributed by atoms with Crippen LogP contribution in [0.5, 0.6) is 5.75 Å². The lowest BCUT2D eigenvalue weighted by molar-refractivity contribution is -0.122. The van der Waals surface area contributed by atoms with Gasteiger partial charge in [0, 0.05) is 6.54 Å². The van der Waals surface area contributed by atoms with E-state index in [-0.39, 0.29) is 17.2 Å². The maximum Gasteiger partial charge on any atom is 0.241 e. The van der Waals surface area contributed by atoms with Gasteiger partial charge in [0.25, 0.3) is 0 Å². The highest BCUT2D eigenvalue weighted by Crippen LogP contribution is 2.17. The fourth-order valence-electron chi connectivity index (χ4n) is 2.88. The van der Waals surface area contributed by atoms with E-state index in [1.165, 1.54) is 12.1 Å². The topological polar surface area (TPSA) is 84.5 Å². The van der Waals surface area contributed by atoms with Gasteiger partial charge in [-0.25, -0.2) is 8.42 Å². The molecule has 0 saturated heterocycles. The molecule has 0 heterocycles. The smallest absolute Gasteiger partial charge is 0.241 e. The van der Waals surface area contributed by atoms with E-state index < -0.39 is 16.1 Å². The van der Waals surface area contributed by atoms with Crippen LogP contribution in [-0.2, 0) is 21.2 Å². The first-order chi connectivity index (χ1) is 14.0. The first-order valence-electron chi connectivity index (χ1n) is 10.0. The molecule has 0 radical (unpaired) electrons. The predicted molar refractivity (Wildman–Crippen MR) is 114 cm³/mol. The first kappa shape index (κ1) is 22.9. The van der Waals surface area contributed by atoms with Gasteiger partial charge in [-0.15, -0.1) is 0 Å². The predicted octanol–water partition coefficient (Wildman–Crippen LogP) is 3.28. The van der Waals surface area contributed by atoms with Gasteiger partial charge in [-0.2, -0.15) is 4.72 Å². The van der Waals surface area contributed by atoms with Crippen LogP contribution in [0.3, 0.4) is 0 Å². The van der Waals surface area contributed by atoms with E-state index in [1.807, 2.05) is 37.3 Å². The average molecular weight is 419 g/mol. The summed E-state index contributed by atoms with van der Waals surface area (Å²) < 4.78 is 33.6. The third kappa shape index (κ3) is 7.51. The van der Waals surface area contributed by atoms with Crippen molar-refractivity contribution in [1.29, 1.82) is 0 Å². The number of amides is 1. The van der Waals surface area contributed by atoms with Crippen LogP contribution >= 0.6 is 0 Å². The van der Waals surface area contributed by atoms with E-state index in [1.54, 1.807) is 12.1 Å². The second kappa shape index (κ2) is 11.6. The summed E-state index contributed by atoms with van der Waals surface area (Å²) in [5.74, 6) is 0.278. The lowest BCUT2D eigenvalue weighted by Gasteiger charge is -2.19. The molecule has 7 heteroatoms. The van der Waals surface area contributed by atoms with Gasteiger partial charge in [0.05, 0.1) is 11.5 Å². The first-order valence-corrected chi connectivity index (χ1v) is 11.5. The largest absolute Gasteiger partial charge is 0.494 e. The van der Waals surface area contributed by atoms with Crippen LogP contribution in [0.1, 0.15) is 38.7 Å². The quantitative estimate of drug-likeness (QED) is 0.518. The van der Waals surface area contributed by atoms with E-state index >= 15 is 0 Å². The highest BCUT2D eigenvalue weighted by molar-refractivity contribution is 7.89. The molecule has 0 unspecified atom stereocenters. The van der Waals surface area contributed by atoms with Crippen molar-refractivity contribution in [2.24, 2.45) is 0 Å². The molecule has 2 N–H and O–H groups in total. The summed E-state index contributed by atoms with van der Waals surface area (Å²) in [6.45, 7) is 4.98. The van der Waals surface area contributed by atoms with Gasteiger partial charge in [0.1, 0.15) is 11.8 Å². The molecule has 2 aromatic rings. The third-order valence-electron chi connectivity index (χ3n) is 4.42. The Balaban J connectivity index is 2.14. The van der Waals surface area contributed by atoms with Crippen molar-refractivity contribution < 1.29 is 17.9 Å². The Morgan fingerprint density at radius 2 is 1.69 bits per heavy atom. The van der Waals surface area contributed by atoms with E-state index in [0.29, 0.717) is 18.9 Å². The van der Waals surface area contributed by atoms with Gasteiger partial charge < -0.3 is 10.1 Å². The molecule has 158 valence electrons. The minimum atomic E-state index is -3.86. The Hall–Kier alpha value is -2.38. The lowest BCUT2D eigenvalue weighted by atomic mass is 10.1. The van der Waals surface area contributed by atoms with Crippen LogP contribution < -0.4 is 14.8 Å². The summed E-state index contributed by atoms with van der Waals surface area (Å²) in [5, 5.41) is 2.85. The van der Waals surface area contributed by atoms with Gasteiger partial charge in [-0.3, -0.25) is 4.79 Å². The van der Waals surface area contributed by atoms with Crippen molar-refractivity contribution in [3.8, 4) is 5.75 Å². The van der Waals surface area contributed by atoms with E-state index in [2.05, 4.69) is 17.0 Å². The summed E-state index contributed by atoms with van der Waals surface area (Å²) in [5.41, 5.74) is 0.885. The van der Waals surface area contributed by atoms with Crippen molar-refractivity contribution in [3.63, 3.8) is 0 Å². The number of sulfonamides is 1. The molecule has 1 atom stereocenters. The molecule has 0 aliphatic heterocycles. The number of unbranched alkanes of at least 4 members (excludes halogenated alkanes) is 2. The van der Waals surface area contributed by atoms with Gasteiger partial charge in [0.15, 0.2) is 0 Å². The maximum atomic E-state index is 12.9. The number of hydrogen-bond donors (Lipinski definition) is 2. The standard InChI is InChI=1S/C22H30N2O4S/c1-3-5-9-16-23-22(25)21(17-18-10-7-6-8-11-18)24-29(26,27)20-14-12-19(13-15-20)28-4-2/h6-8,10-15,21,24H,3-5,9,16-17H2,1-2H3,(H,23,25)/t21-/m1/s1. The zero-order valence-electron chi connectivity index (χ0n) is 17.1. The number of rotatable bonds is 12. The highest BCUT2D eigenvalue weighted by atomic mass is 32.2. The molecule has 0 fully saturated rings. The molecule has 6 nitrogen and oxygen atoms in total. The van der Waals surface area contributed by atoms with Crippen molar-refractivity contribution >= 4 is 15.9 Å². The van der Waals surface area contributed by atoms with Crippen LogP contribution in [0, 0.1) is 0 Å². The lowest BCUT2D eigenvalue weighted by Crippen LogP contribution is -2.48. The van der Waals surface area contributed by atoms with Crippen molar-refractivity contribution in [3.05, 3.63) is 60.2 Å². The molecule has 2 aromatic carbocycles. The summed E-state index contributed by atoms with van der Waals surface area (Å²) >= 11 is 0. The number of hydrogen-bond acceptors (Lipinski definition) is 4. The van der Waals surface area contributed by atoms with E-state index in [4.69, 9.17) is 4.74 Å². The normalized spacial score (nSPS) is 12.3. The Kier molecular flexibility index (Phi) is 9.15. The van der Waals surface area contributed by atoms with Gasteiger partial charge in [-0.1, -0.05) is 50.1 Å². The molecule has 0 aliphatic carbocycles. The van der Waals surface area contributed by atoms with Crippen molar-refractivity contribution in [2.45, 2.75) is 50.5 Å². The monoisotopic (exact) mass is 418 g/mol. The molecule has 0 spiro atoms. The Bertz CT molecular complexity index is 852. The third-order valence-corrected chi connectivity index (χ3v) is 5.91. The summed E-state index contributed by atoms with van der Waals surface area (Å²) in [6.07, 6.45) is 3.21. The zero-order chi connectivity index (χ0) is 21.1. The molecular formula is C22H30N2O4S. The molecule has 1 amide bonds. The molecule has 0 bridgehead atoms. The van der Waals surface area contributed by atoms with Gasteiger partial charge in [-0.05, 0) is 49.6 Å². The summed E-state index contributed by atoms with van der Waals surface area (Å²) in [4.78, 5) is 12.8. The number of nitrogens with one attached hydrogen (secondary N) is 2. The molecular weight excluding hydrogens is 388 g/mol. The Morgan fingerprint density at radius 3 is 2.31 bits per heavy atom. The number of carbonyl (C=O) groups excluding carboxylic acids is 1.